The van der Waals surface area contributed by atoms with Gasteiger partial charge in [0.2, 0.25) is 0 Å². The van der Waals surface area contributed by atoms with Gasteiger partial charge >= 0.3 is 0 Å². The van der Waals surface area contributed by atoms with E-state index in [0.29, 0.717) is 5.39 Å². The van der Waals surface area contributed by atoms with Gasteiger partial charge in [-0.1, -0.05) is 12.1 Å². The van der Waals surface area contributed by atoms with Gasteiger partial charge in [-0.15, -0.1) is 11.3 Å². The van der Waals surface area contributed by atoms with Gasteiger partial charge < -0.3 is 5.11 Å². The van der Waals surface area contributed by atoms with Crippen LogP contribution in [0.15, 0.2) is 47.3 Å². The van der Waals surface area contributed by atoms with Crippen molar-refractivity contribution in [1.29, 1.82) is 0 Å². The number of fused-ring (bicyclic) bond motifs is 2. The lowest BCUT2D eigenvalue weighted by atomic mass is 10.2. The highest BCUT2D eigenvalue weighted by atomic mass is 32.1. The molecule has 2 nitrogen and oxygen atoms in total. The average Bonchev–Trinajstić information content (AvgIpc) is 2.29. The third-order valence-electron chi connectivity index (χ3n) is 2.56. The minimum atomic E-state index is 0.0318. The lowest BCUT2D eigenvalue weighted by molar-refractivity contribution is 0.476. The molecule has 0 spiro atoms. The van der Waals surface area contributed by atoms with Crippen molar-refractivity contribution < 1.29 is 5.11 Å². The van der Waals surface area contributed by atoms with Crippen LogP contribution in [0.3, 0.4) is 0 Å². The molecule has 0 unspecified atom stereocenters. The lowest BCUT2D eigenvalue weighted by Crippen LogP contribution is -2.00. The van der Waals surface area contributed by atoms with Crippen molar-refractivity contribution in [2.75, 3.05) is 0 Å². The second-order valence-corrected chi connectivity index (χ2v) is 4.69. The monoisotopic (exact) mass is 228 g/mol. The summed E-state index contributed by atoms with van der Waals surface area (Å²) in [5.41, 5.74) is 0.0318. The summed E-state index contributed by atoms with van der Waals surface area (Å²) in [5, 5.41) is 10.8. The lowest BCUT2D eigenvalue weighted by Gasteiger charge is -2.00. The van der Waals surface area contributed by atoms with Crippen LogP contribution in [0.5, 0.6) is 5.75 Å². The average molecular weight is 228 g/mol. The summed E-state index contributed by atoms with van der Waals surface area (Å²) in [4.78, 5) is 12.1. The Morgan fingerprint density at radius 3 is 2.56 bits per heavy atom. The molecule has 0 saturated carbocycles. The van der Waals surface area contributed by atoms with Crippen molar-refractivity contribution in [3.8, 4) is 5.75 Å². The minimum Gasteiger partial charge on any atom is -0.508 e. The zero-order valence-electron chi connectivity index (χ0n) is 8.31. The van der Waals surface area contributed by atoms with Gasteiger partial charge in [-0.3, -0.25) is 4.79 Å². The Hall–Kier alpha value is -1.87. The van der Waals surface area contributed by atoms with Gasteiger partial charge in [0.05, 0.1) is 0 Å². The summed E-state index contributed by atoms with van der Waals surface area (Å²) < 4.78 is 1.77. The molecule has 3 aromatic rings. The maximum atomic E-state index is 12.1. The number of phenols is 1. The third-order valence-corrected chi connectivity index (χ3v) is 3.70. The van der Waals surface area contributed by atoms with Crippen LogP contribution in [-0.4, -0.2) is 5.11 Å². The maximum absolute atomic E-state index is 12.1. The van der Waals surface area contributed by atoms with E-state index < -0.39 is 0 Å². The molecule has 0 radical (unpaired) electrons. The summed E-state index contributed by atoms with van der Waals surface area (Å²) in [5.74, 6) is 0.193. The van der Waals surface area contributed by atoms with Gasteiger partial charge in [0.1, 0.15) is 5.75 Å². The Labute approximate surface area is 95.4 Å². The van der Waals surface area contributed by atoms with E-state index in [4.69, 9.17) is 0 Å². The summed E-state index contributed by atoms with van der Waals surface area (Å²) in [6, 6.07) is 12.4. The summed E-state index contributed by atoms with van der Waals surface area (Å²) >= 11 is 1.52. The fourth-order valence-corrected chi connectivity index (χ4v) is 2.89. The number of aromatic hydroxyl groups is 1. The molecule has 3 heteroatoms. The Kier molecular flexibility index (Phi) is 1.94. The van der Waals surface area contributed by atoms with Gasteiger partial charge in [0.15, 0.2) is 5.43 Å². The summed E-state index contributed by atoms with van der Waals surface area (Å²) in [6.45, 7) is 0. The highest BCUT2D eigenvalue weighted by Gasteiger charge is 2.05. The van der Waals surface area contributed by atoms with Crippen LogP contribution in [0.25, 0.3) is 20.2 Å². The smallest absolute Gasteiger partial charge is 0.195 e. The van der Waals surface area contributed by atoms with Crippen molar-refractivity contribution in [1.82, 2.24) is 0 Å². The Morgan fingerprint density at radius 2 is 1.69 bits per heavy atom. The fraction of sp³-hybridized carbons (Fsp3) is 0. The third kappa shape index (κ3) is 1.29. The largest absolute Gasteiger partial charge is 0.508 e. The first kappa shape index (κ1) is 9.36. The first-order valence-corrected chi connectivity index (χ1v) is 5.72. The van der Waals surface area contributed by atoms with E-state index >= 15 is 0 Å². The normalized spacial score (nSPS) is 11.0. The molecule has 0 fully saturated rings. The summed E-state index contributed by atoms with van der Waals surface area (Å²) in [6.07, 6.45) is 0. The minimum absolute atomic E-state index is 0.0318. The SMILES string of the molecule is O=c1c2ccccc2sc2cc(O)ccc12. The molecule has 0 aliphatic rings. The molecule has 1 N–H and O–H groups in total. The molecule has 0 saturated heterocycles. The molecule has 0 aliphatic carbocycles. The van der Waals surface area contributed by atoms with Gasteiger partial charge in [0.25, 0.3) is 0 Å². The Balaban J connectivity index is 2.61. The molecule has 0 aliphatic heterocycles. The van der Waals surface area contributed by atoms with Gasteiger partial charge in [0, 0.05) is 20.2 Å². The molecule has 3 rings (SSSR count). The first-order chi connectivity index (χ1) is 7.75. The molecule has 0 bridgehead atoms. The second-order valence-electron chi connectivity index (χ2n) is 3.61. The fourth-order valence-electron chi connectivity index (χ4n) is 1.79. The van der Waals surface area contributed by atoms with Crippen LogP contribution in [0.2, 0.25) is 0 Å². The Morgan fingerprint density at radius 1 is 0.938 bits per heavy atom. The van der Waals surface area contributed by atoms with Crippen LogP contribution in [0.1, 0.15) is 0 Å². The zero-order valence-corrected chi connectivity index (χ0v) is 9.12. The van der Waals surface area contributed by atoms with Crippen molar-refractivity contribution in [2.24, 2.45) is 0 Å². The predicted molar refractivity (Wildman–Crippen MR) is 67.3 cm³/mol. The van der Waals surface area contributed by atoms with Gasteiger partial charge in [-0.25, -0.2) is 0 Å². The van der Waals surface area contributed by atoms with E-state index in [1.165, 1.54) is 11.3 Å². The van der Waals surface area contributed by atoms with Crippen LogP contribution < -0.4 is 5.43 Å². The van der Waals surface area contributed by atoms with E-state index in [1.807, 2.05) is 24.3 Å². The Bertz CT molecular complexity index is 744. The van der Waals surface area contributed by atoms with E-state index in [1.54, 1.807) is 18.2 Å². The van der Waals surface area contributed by atoms with Crippen molar-refractivity contribution in [3.63, 3.8) is 0 Å². The predicted octanol–water partition coefficient (Wildman–Crippen LogP) is 3.12. The number of hydrogen-bond donors (Lipinski definition) is 1. The second kappa shape index (κ2) is 3.32. The molecular formula is C13H8O2S. The first-order valence-electron chi connectivity index (χ1n) is 4.90. The van der Waals surface area contributed by atoms with Crippen LogP contribution in [0, 0.1) is 0 Å². The standard InChI is InChI=1S/C13H8O2S/c14-8-5-6-10-12(7-8)16-11-4-2-1-3-9(11)13(10)15/h1-7,14H. The molecule has 2 aromatic carbocycles. The van der Waals surface area contributed by atoms with E-state index in [2.05, 4.69) is 0 Å². The van der Waals surface area contributed by atoms with Crippen LogP contribution in [-0.2, 0) is 0 Å². The van der Waals surface area contributed by atoms with Gasteiger partial charge in [-0.05, 0) is 30.3 Å². The van der Waals surface area contributed by atoms with Crippen molar-refractivity contribution in [2.45, 2.75) is 0 Å². The summed E-state index contributed by atoms with van der Waals surface area (Å²) in [7, 11) is 0. The van der Waals surface area contributed by atoms with Gasteiger partial charge in [-0.2, -0.15) is 0 Å². The molecule has 16 heavy (non-hydrogen) atoms. The van der Waals surface area contributed by atoms with E-state index in [-0.39, 0.29) is 11.2 Å². The van der Waals surface area contributed by atoms with Crippen molar-refractivity contribution in [3.05, 3.63) is 52.7 Å². The molecule has 0 amide bonds. The maximum Gasteiger partial charge on any atom is 0.195 e. The van der Waals surface area contributed by atoms with E-state index in [9.17, 15) is 9.90 Å². The number of hydrogen-bond acceptors (Lipinski definition) is 3. The zero-order chi connectivity index (χ0) is 11.1. The molecule has 1 aromatic heterocycles. The highest BCUT2D eigenvalue weighted by molar-refractivity contribution is 7.24. The molecule has 78 valence electrons. The van der Waals surface area contributed by atoms with Crippen LogP contribution in [0.4, 0.5) is 0 Å². The number of rotatable bonds is 0. The number of benzene rings is 2. The topological polar surface area (TPSA) is 37.3 Å². The van der Waals surface area contributed by atoms with Crippen molar-refractivity contribution >= 4 is 31.5 Å². The molecular weight excluding hydrogens is 220 g/mol. The molecule has 1 heterocycles. The van der Waals surface area contributed by atoms with Crippen LogP contribution >= 0.6 is 11.3 Å². The molecule has 0 atom stereocenters. The quantitative estimate of drug-likeness (QED) is 0.600. The number of phenolic OH excluding ortho intramolecular Hbond substituents is 1. The highest BCUT2D eigenvalue weighted by Crippen LogP contribution is 2.26. The van der Waals surface area contributed by atoms with E-state index in [0.717, 1.165) is 14.8 Å².